The van der Waals surface area contributed by atoms with Crippen molar-refractivity contribution in [3.05, 3.63) is 29.8 Å². The Labute approximate surface area is 83.2 Å². The van der Waals surface area contributed by atoms with Crippen molar-refractivity contribution in [2.24, 2.45) is 4.99 Å². The predicted octanol–water partition coefficient (Wildman–Crippen LogP) is 2.42. The fourth-order valence-corrected chi connectivity index (χ4v) is 0.965. The average Bonchev–Trinajstić information content (AvgIpc) is 2.12. The molecule has 0 bridgehead atoms. The van der Waals surface area contributed by atoms with Crippen LogP contribution in [0.1, 0.15) is 5.56 Å². The molecular weight excluding hydrogens is 211 g/mol. The molecule has 3 nitrogen and oxygen atoms in total. The van der Waals surface area contributed by atoms with Crippen molar-refractivity contribution in [1.29, 1.82) is 0 Å². The normalized spacial score (nSPS) is 10.6. The Bertz CT molecular complexity index is 383. The second-order valence-electron chi connectivity index (χ2n) is 2.60. The second-order valence-corrected chi connectivity index (χ2v) is 2.60. The van der Waals surface area contributed by atoms with Crippen molar-refractivity contribution < 1.29 is 22.7 Å². The summed E-state index contributed by atoms with van der Waals surface area (Å²) in [5, 5.41) is 0. The van der Waals surface area contributed by atoms with Crippen LogP contribution in [0.15, 0.2) is 29.3 Å². The first kappa shape index (κ1) is 11.3. The quantitative estimate of drug-likeness (QED) is 0.576. The number of halogens is 3. The standard InChI is InChI=1S/C9H6F3NO2/c10-9(11,12)15-8-3-1-2-7(4-8)5-13-6-14/h1-4H,5H2. The number of alkyl halides is 3. The number of benzene rings is 1. The van der Waals surface area contributed by atoms with Crippen LogP contribution in [0.5, 0.6) is 5.75 Å². The zero-order valence-electron chi connectivity index (χ0n) is 7.41. The third-order valence-corrected chi connectivity index (χ3v) is 1.46. The first-order valence-corrected chi connectivity index (χ1v) is 3.89. The van der Waals surface area contributed by atoms with Crippen LogP contribution in [0.25, 0.3) is 0 Å². The van der Waals surface area contributed by atoms with Gasteiger partial charge in [-0.05, 0) is 17.7 Å². The first-order chi connectivity index (χ1) is 7.01. The average molecular weight is 217 g/mol. The van der Waals surface area contributed by atoms with Gasteiger partial charge in [0.15, 0.2) is 0 Å². The number of hydrogen-bond acceptors (Lipinski definition) is 3. The molecule has 1 aromatic carbocycles. The number of hydrogen-bond donors (Lipinski definition) is 0. The van der Waals surface area contributed by atoms with Crippen molar-refractivity contribution >= 4 is 6.08 Å². The van der Waals surface area contributed by atoms with E-state index in [1.54, 1.807) is 0 Å². The molecule has 0 saturated heterocycles. The molecule has 0 atom stereocenters. The summed E-state index contributed by atoms with van der Waals surface area (Å²) >= 11 is 0. The van der Waals surface area contributed by atoms with Gasteiger partial charge in [-0.2, -0.15) is 0 Å². The van der Waals surface area contributed by atoms with Crippen LogP contribution in [0.4, 0.5) is 13.2 Å². The molecule has 0 radical (unpaired) electrons. The molecule has 0 fully saturated rings. The molecule has 0 heterocycles. The zero-order valence-corrected chi connectivity index (χ0v) is 7.41. The van der Waals surface area contributed by atoms with E-state index in [1.165, 1.54) is 24.3 Å². The summed E-state index contributed by atoms with van der Waals surface area (Å²) in [6.45, 7) is -0.0153. The van der Waals surface area contributed by atoms with Gasteiger partial charge in [0.2, 0.25) is 6.08 Å². The van der Waals surface area contributed by atoms with E-state index in [-0.39, 0.29) is 12.3 Å². The van der Waals surface area contributed by atoms with Crippen molar-refractivity contribution in [3.63, 3.8) is 0 Å². The Balaban J connectivity index is 2.78. The summed E-state index contributed by atoms with van der Waals surface area (Å²) in [4.78, 5) is 13.0. The molecule has 0 amide bonds. The van der Waals surface area contributed by atoms with E-state index < -0.39 is 6.36 Å². The predicted molar refractivity (Wildman–Crippen MR) is 45.0 cm³/mol. The second kappa shape index (κ2) is 4.61. The summed E-state index contributed by atoms with van der Waals surface area (Å²) in [6.07, 6.45) is -3.42. The lowest BCUT2D eigenvalue weighted by molar-refractivity contribution is -0.274. The number of nitrogens with zero attached hydrogens (tertiary/aromatic N) is 1. The number of isocyanates is 1. The highest BCUT2D eigenvalue weighted by molar-refractivity contribution is 5.35. The maximum absolute atomic E-state index is 11.8. The molecule has 1 aromatic rings. The van der Waals surface area contributed by atoms with Gasteiger partial charge in [-0.25, -0.2) is 9.79 Å². The summed E-state index contributed by atoms with van der Waals surface area (Å²) < 4.78 is 39.1. The minimum Gasteiger partial charge on any atom is -0.406 e. The van der Waals surface area contributed by atoms with Crippen LogP contribution in [-0.4, -0.2) is 12.4 Å². The molecule has 80 valence electrons. The Morgan fingerprint density at radius 3 is 2.73 bits per heavy atom. The van der Waals surface area contributed by atoms with Crippen LogP contribution >= 0.6 is 0 Å². The smallest absolute Gasteiger partial charge is 0.406 e. The number of carbonyl (C=O) groups excluding carboxylic acids is 1. The van der Waals surface area contributed by atoms with E-state index in [4.69, 9.17) is 0 Å². The largest absolute Gasteiger partial charge is 0.573 e. The molecule has 0 N–H and O–H groups in total. The topological polar surface area (TPSA) is 38.7 Å². The van der Waals surface area contributed by atoms with Gasteiger partial charge in [0.1, 0.15) is 5.75 Å². The van der Waals surface area contributed by atoms with E-state index in [0.29, 0.717) is 5.56 Å². The first-order valence-electron chi connectivity index (χ1n) is 3.89. The van der Waals surface area contributed by atoms with Crippen molar-refractivity contribution in [3.8, 4) is 5.75 Å². The highest BCUT2D eigenvalue weighted by Gasteiger charge is 2.30. The molecule has 1 rings (SSSR count). The highest BCUT2D eigenvalue weighted by Crippen LogP contribution is 2.23. The molecule has 6 heteroatoms. The Morgan fingerprint density at radius 2 is 2.13 bits per heavy atom. The van der Waals surface area contributed by atoms with Crippen LogP contribution in [0.2, 0.25) is 0 Å². The maximum Gasteiger partial charge on any atom is 0.573 e. The fourth-order valence-electron chi connectivity index (χ4n) is 0.965. The van der Waals surface area contributed by atoms with Crippen molar-refractivity contribution in [1.82, 2.24) is 0 Å². The summed E-state index contributed by atoms with van der Waals surface area (Å²) in [7, 11) is 0. The SMILES string of the molecule is O=C=NCc1cccc(OC(F)(F)F)c1. The number of rotatable bonds is 3. The molecular formula is C9H6F3NO2. The van der Waals surface area contributed by atoms with Gasteiger partial charge in [-0.3, -0.25) is 0 Å². The lowest BCUT2D eigenvalue weighted by Crippen LogP contribution is -2.17. The van der Waals surface area contributed by atoms with Crippen LogP contribution < -0.4 is 4.74 Å². The monoisotopic (exact) mass is 217 g/mol. The lowest BCUT2D eigenvalue weighted by Gasteiger charge is -2.08. The molecule has 0 aliphatic rings. The minimum atomic E-state index is -4.72. The van der Waals surface area contributed by atoms with Gasteiger partial charge in [0.05, 0.1) is 6.54 Å². The lowest BCUT2D eigenvalue weighted by atomic mass is 10.2. The molecule has 15 heavy (non-hydrogen) atoms. The van der Waals surface area contributed by atoms with Gasteiger partial charge in [0, 0.05) is 0 Å². The van der Waals surface area contributed by atoms with E-state index in [2.05, 4.69) is 9.73 Å². The molecule has 0 aliphatic heterocycles. The van der Waals surface area contributed by atoms with Crippen LogP contribution in [0.3, 0.4) is 0 Å². The van der Waals surface area contributed by atoms with Gasteiger partial charge in [-0.1, -0.05) is 12.1 Å². The van der Waals surface area contributed by atoms with Crippen molar-refractivity contribution in [2.75, 3.05) is 0 Å². The third-order valence-electron chi connectivity index (χ3n) is 1.46. The molecule has 0 spiro atoms. The van der Waals surface area contributed by atoms with E-state index in [9.17, 15) is 18.0 Å². The molecule has 0 aromatic heterocycles. The summed E-state index contributed by atoms with van der Waals surface area (Å²) in [5.74, 6) is -0.332. The zero-order chi connectivity index (χ0) is 11.3. The Morgan fingerprint density at radius 1 is 1.40 bits per heavy atom. The number of aliphatic imine (C=N–C) groups is 1. The highest BCUT2D eigenvalue weighted by atomic mass is 19.4. The van der Waals surface area contributed by atoms with Crippen LogP contribution in [0, 0.1) is 0 Å². The van der Waals surface area contributed by atoms with E-state index >= 15 is 0 Å². The van der Waals surface area contributed by atoms with Gasteiger partial charge < -0.3 is 4.74 Å². The Hall–Kier alpha value is -1.81. The third kappa shape index (κ3) is 4.28. The van der Waals surface area contributed by atoms with Gasteiger partial charge >= 0.3 is 6.36 Å². The minimum absolute atomic E-state index is 0.0153. The molecule has 0 aliphatic carbocycles. The van der Waals surface area contributed by atoms with Gasteiger partial charge in [-0.15, -0.1) is 13.2 Å². The van der Waals surface area contributed by atoms with Crippen molar-refractivity contribution in [2.45, 2.75) is 12.9 Å². The molecule has 0 saturated carbocycles. The number of ether oxygens (including phenoxy) is 1. The maximum atomic E-state index is 11.8. The summed E-state index contributed by atoms with van der Waals surface area (Å²) in [5.41, 5.74) is 0.445. The summed E-state index contributed by atoms with van der Waals surface area (Å²) in [6, 6.07) is 5.25. The van der Waals surface area contributed by atoms with Crippen LogP contribution in [-0.2, 0) is 11.3 Å². The molecule has 0 unspecified atom stereocenters. The van der Waals surface area contributed by atoms with E-state index in [1.807, 2.05) is 0 Å². The van der Waals surface area contributed by atoms with E-state index in [0.717, 1.165) is 6.07 Å². The fraction of sp³-hybridized carbons (Fsp3) is 0.222. The van der Waals surface area contributed by atoms with Gasteiger partial charge in [0.25, 0.3) is 0 Å². The Kier molecular flexibility index (Phi) is 3.46.